The number of hydrogen-bond acceptors (Lipinski definition) is 5. The number of urea groups is 1. The van der Waals surface area contributed by atoms with Crippen LogP contribution in [0.15, 0.2) is 54.4 Å². The molecule has 0 aliphatic carbocycles. The first-order chi connectivity index (χ1) is 15.7. The number of aromatic nitrogens is 2. The van der Waals surface area contributed by atoms with Crippen molar-refractivity contribution in [1.82, 2.24) is 14.9 Å². The van der Waals surface area contributed by atoms with Gasteiger partial charge < -0.3 is 9.67 Å². The van der Waals surface area contributed by atoms with Gasteiger partial charge in [-0.25, -0.2) is 14.5 Å². The van der Waals surface area contributed by atoms with Crippen molar-refractivity contribution in [1.29, 1.82) is 0 Å². The minimum Gasteiger partial charge on any atom is -0.478 e. The molecular formula is C24H20N4O5. The lowest BCUT2D eigenvalue weighted by Gasteiger charge is -2.26. The van der Waals surface area contributed by atoms with E-state index in [-0.39, 0.29) is 16.8 Å². The number of imide groups is 2. The number of anilines is 1. The third-order valence-electron chi connectivity index (χ3n) is 5.57. The average molecular weight is 444 g/mol. The van der Waals surface area contributed by atoms with Crippen molar-refractivity contribution in [3.8, 4) is 5.69 Å². The lowest BCUT2D eigenvalue weighted by atomic mass is 10.1. The Kier molecular flexibility index (Phi) is 5.39. The number of amides is 4. The molecule has 33 heavy (non-hydrogen) atoms. The standard InChI is InChI=1S/C24H20N4O5/c1-13-11-16(15(3)27(13)20-6-4-5-18(14(20)2)23(31)32)12-19-21(29)26-24(33)28(22(19)30)17-7-9-25-10-8-17/h4-12H,1-3H3,(H,31,32)(H,26,29,33)/b19-12+. The van der Waals surface area contributed by atoms with Gasteiger partial charge in [0, 0.05) is 29.5 Å². The minimum atomic E-state index is -1.02. The molecule has 4 rings (SSSR count). The molecule has 1 aliphatic rings. The van der Waals surface area contributed by atoms with Gasteiger partial charge in [-0.1, -0.05) is 6.07 Å². The lowest BCUT2D eigenvalue weighted by Crippen LogP contribution is -2.54. The van der Waals surface area contributed by atoms with Crippen molar-refractivity contribution in [3.05, 3.63) is 82.4 Å². The fourth-order valence-electron chi connectivity index (χ4n) is 3.94. The van der Waals surface area contributed by atoms with E-state index in [1.807, 2.05) is 18.4 Å². The number of benzene rings is 1. The van der Waals surface area contributed by atoms with Crippen molar-refractivity contribution in [2.75, 3.05) is 4.90 Å². The highest BCUT2D eigenvalue weighted by Crippen LogP contribution is 2.28. The molecule has 0 saturated carbocycles. The van der Waals surface area contributed by atoms with Crippen LogP contribution in [-0.4, -0.2) is 38.5 Å². The molecule has 9 nitrogen and oxygen atoms in total. The van der Waals surface area contributed by atoms with E-state index >= 15 is 0 Å². The van der Waals surface area contributed by atoms with Crippen LogP contribution in [-0.2, 0) is 9.59 Å². The normalized spacial score (nSPS) is 15.2. The van der Waals surface area contributed by atoms with Crippen molar-refractivity contribution in [2.24, 2.45) is 0 Å². The van der Waals surface area contributed by atoms with Crippen LogP contribution in [0.2, 0.25) is 0 Å². The zero-order chi connectivity index (χ0) is 23.9. The van der Waals surface area contributed by atoms with E-state index < -0.39 is 23.8 Å². The Hall–Kier alpha value is -4.53. The summed E-state index contributed by atoms with van der Waals surface area (Å²) in [7, 11) is 0. The second-order valence-electron chi connectivity index (χ2n) is 7.58. The smallest absolute Gasteiger partial charge is 0.336 e. The summed E-state index contributed by atoms with van der Waals surface area (Å²) in [6, 6.07) is 8.96. The highest BCUT2D eigenvalue weighted by Gasteiger charge is 2.37. The number of rotatable bonds is 4. The van der Waals surface area contributed by atoms with E-state index in [9.17, 15) is 24.3 Å². The third-order valence-corrected chi connectivity index (χ3v) is 5.57. The van der Waals surface area contributed by atoms with E-state index in [2.05, 4.69) is 10.3 Å². The molecule has 0 spiro atoms. The maximum absolute atomic E-state index is 13.1. The first-order valence-electron chi connectivity index (χ1n) is 10.0. The number of barbiturate groups is 1. The van der Waals surface area contributed by atoms with Gasteiger partial charge in [0.05, 0.1) is 11.3 Å². The second-order valence-corrected chi connectivity index (χ2v) is 7.58. The van der Waals surface area contributed by atoms with Crippen LogP contribution in [0.3, 0.4) is 0 Å². The van der Waals surface area contributed by atoms with Gasteiger partial charge in [0.1, 0.15) is 5.57 Å². The Morgan fingerprint density at radius 2 is 1.76 bits per heavy atom. The van der Waals surface area contributed by atoms with Crippen LogP contribution in [0.1, 0.15) is 32.9 Å². The van der Waals surface area contributed by atoms with Gasteiger partial charge in [-0.3, -0.25) is 19.9 Å². The average Bonchev–Trinajstić information content (AvgIpc) is 3.04. The maximum atomic E-state index is 13.1. The second kappa shape index (κ2) is 8.19. The summed E-state index contributed by atoms with van der Waals surface area (Å²) in [5.74, 6) is -2.56. The summed E-state index contributed by atoms with van der Waals surface area (Å²) in [4.78, 5) is 54.2. The van der Waals surface area contributed by atoms with Crippen LogP contribution in [0.5, 0.6) is 0 Å². The van der Waals surface area contributed by atoms with Gasteiger partial charge in [0.2, 0.25) is 0 Å². The highest BCUT2D eigenvalue weighted by atomic mass is 16.4. The molecular weight excluding hydrogens is 424 g/mol. The fourth-order valence-corrected chi connectivity index (χ4v) is 3.94. The Bertz CT molecular complexity index is 1350. The number of carboxylic acid groups (broad SMARTS) is 1. The minimum absolute atomic E-state index is 0.188. The van der Waals surface area contributed by atoms with E-state index in [0.717, 1.165) is 10.6 Å². The molecule has 1 aromatic carbocycles. The predicted molar refractivity (Wildman–Crippen MR) is 120 cm³/mol. The van der Waals surface area contributed by atoms with Crippen LogP contribution >= 0.6 is 0 Å². The number of nitrogens with zero attached hydrogens (tertiary/aromatic N) is 3. The Morgan fingerprint density at radius 3 is 2.42 bits per heavy atom. The summed E-state index contributed by atoms with van der Waals surface area (Å²) in [5, 5.41) is 11.7. The van der Waals surface area contributed by atoms with Gasteiger partial charge in [0.25, 0.3) is 11.8 Å². The van der Waals surface area contributed by atoms with E-state index in [4.69, 9.17) is 0 Å². The number of carbonyl (C=O) groups excluding carboxylic acids is 3. The number of carbonyl (C=O) groups is 4. The van der Waals surface area contributed by atoms with Gasteiger partial charge >= 0.3 is 12.0 Å². The maximum Gasteiger partial charge on any atom is 0.336 e. The summed E-state index contributed by atoms with van der Waals surface area (Å²) in [6.07, 6.45) is 4.32. The topological polar surface area (TPSA) is 122 Å². The van der Waals surface area contributed by atoms with E-state index in [0.29, 0.717) is 22.5 Å². The first-order valence-corrected chi connectivity index (χ1v) is 10.0. The molecule has 3 heterocycles. The zero-order valence-corrected chi connectivity index (χ0v) is 18.1. The molecule has 3 aromatic rings. The monoisotopic (exact) mass is 444 g/mol. The highest BCUT2D eigenvalue weighted by molar-refractivity contribution is 6.39. The number of aromatic carboxylic acids is 1. The van der Waals surface area contributed by atoms with Gasteiger partial charge in [0.15, 0.2) is 0 Å². The molecule has 2 N–H and O–H groups in total. The van der Waals surface area contributed by atoms with E-state index in [1.54, 1.807) is 25.1 Å². The Morgan fingerprint density at radius 1 is 1.06 bits per heavy atom. The van der Waals surface area contributed by atoms with Crippen LogP contribution in [0.25, 0.3) is 11.8 Å². The zero-order valence-electron chi connectivity index (χ0n) is 18.1. The lowest BCUT2D eigenvalue weighted by molar-refractivity contribution is -0.122. The Labute approximate surface area is 189 Å². The summed E-state index contributed by atoms with van der Waals surface area (Å²) < 4.78 is 1.87. The molecule has 0 radical (unpaired) electrons. The van der Waals surface area contributed by atoms with E-state index in [1.165, 1.54) is 36.7 Å². The van der Waals surface area contributed by atoms with Crippen molar-refractivity contribution in [2.45, 2.75) is 20.8 Å². The number of pyridine rings is 1. The largest absolute Gasteiger partial charge is 0.478 e. The SMILES string of the molecule is Cc1c(C(=O)O)cccc1-n1c(C)cc(/C=C2\C(=O)NC(=O)N(c3ccncc3)C2=O)c1C. The number of carboxylic acids is 1. The molecule has 4 amide bonds. The van der Waals surface area contributed by atoms with Crippen molar-refractivity contribution < 1.29 is 24.3 Å². The third kappa shape index (κ3) is 3.69. The van der Waals surface area contributed by atoms with Crippen LogP contribution < -0.4 is 10.2 Å². The predicted octanol–water partition coefficient (Wildman–Crippen LogP) is 3.16. The number of aryl methyl sites for hydroxylation is 1. The quantitative estimate of drug-likeness (QED) is 0.471. The molecule has 166 valence electrons. The Balaban J connectivity index is 1.80. The summed E-state index contributed by atoms with van der Waals surface area (Å²) in [6.45, 7) is 5.38. The molecule has 1 aliphatic heterocycles. The molecule has 9 heteroatoms. The first kappa shape index (κ1) is 21.7. The summed E-state index contributed by atoms with van der Waals surface area (Å²) in [5.41, 5.74) is 3.65. The summed E-state index contributed by atoms with van der Waals surface area (Å²) >= 11 is 0. The van der Waals surface area contributed by atoms with Crippen molar-refractivity contribution >= 4 is 35.6 Å². The van der Waals surface area contributed by atoms with Gasteiger partial charge in [-0.2, -0.15) is 0 Å². The van der Waals surface area contributed by atoms with Crippen molar-refractivity contribution in [3.63, 3.8) is 0 Å². The molecule has 2 aromatic heterocycles. The molecule has 0 bridgehead atoms. The molecule has 0 atom stereocenters. The number of hydrogen-bond donors (Lipinski definition) is 2. The molecule has 1 fully saturated rings. The van der Waals surface area contributed by atoms with Gasteiger partial charge in [-0.05, 0) is 68.3 Å². The number of nitrogens with one attached hydrogen (secondary N) is 1. The molecule has 0 unspecified atom stereocenters. The van der Waals surface area contributed by atoms with Crippen LogP contribution in [0, 0.1) is 20.8 Å². The van der Waals surface area contributed by atoms with Crippen LogP contribution in [0.4, 0.5) is 10.5 Å². The van der Waals surface area contributed by atoms with Gasteiger partial charge in [-0.15, -0.1) is 0 Å². The molecule has 1 saturated heterocycles. The fraction of sp³-hybridized carbons (Fsp3) is 0.125.